The van der Waals surface area contributed by atoms with E-state index in [-0.39, 0.29) is 30.7 Å². The Labute approximate surface area is 179 Å². The van der Waals surface area contributed by atoms with Gasteiger partial charge in [-0.2, -0.15) is 0 Å². The first-order valence-electron chi connectivity index (χ1n) is 8.43. The van der Waals surface area contributed by atoms with Crippen molar-refractivity contribution in [2.45, 2.75) is 31.7 Å². The van der Waals surface area contributed by atoms with Crippen LogP contribution in [0.15, 0.2) is 17.5 Å². The number of piperidine rings is 1. The number of nitrogens with one attached hydrogen (secondary N) is 1. The van der Waals surface area contributed by atoms with Crippen LogP contribution in [0, 0.1) is 5.92 Å². The molecule has 26 heavy (non-hydrogen) atoms. The third kappa shape index (κ3) is 5.33. The minimum atomic E-state index is 0. The lowest BCUT2D eigenvalue weighted by Crippen LogP contribution is -2.45. The van der Waals surface area contributed by atoms with Crippen LogP contribution >= 0.6 is 59.1 Å². The maximum atomic E-state index is 12.7. The van der Waals surface area contributed by atoms with Crippen LogP contribution in [-0.4, -0.2) is 41.5 Å². The predicted octanol–water partition coefficient (Wildman–Crippen LogP) is 4.97. The molecule has 0 radical (unpaired) electrons. The van der Waals surface area contributed by atoms with Gasteiger partial charge in [0, 0.05) is 24.5 Å². The number of aromatic nitrogens is 1. The normalized spacial score (nSPS) is 17.5. The van der Waals surface area contributed by atoms with E-state index >= 15 is 0 Å². The quantitative estimate of drug-likeness (QED) is 0.693. The van der Waals surface area contributed by atoms with Crippen LogP contribution in [0.3, 0.4) is 0 Å². The van der Waals surface area contributed by atoms with E-state index < -0.39 is 0 Å². The molecule has 1 amide bonds. The Morgan fingerprint density at radius 3 is 2.58 bits per heavy atom. The summed E-state index contributed by atoms with van der Waals surface area (Å²) in [6.07, 6.45) is 4.84. The first kappa shape index (κ1) is 21.9. The van der Waals surface area contributed by atoms with Crippen LogP contribution < -0.4 is 5.32 Å². The topological polar surface area (TPSA) is 45.2 Å². The molecule has 2 aromatic heterocycles. The smallest absolute Gasteiger partial charge is 0.273 e. The summed E-state index contributed by atoms with van der Waals surface area (Å²) in [5.41, 5.74) is 0.559. The number of hydrogen-bond donors (Lipinski definition) is 1. The lowest BCUT2D eigenvalue weighted by atomic mass is 10.0. The van der Waals surface area contributed by atoms with Gasteiger partial charge >= 0.3 is 0 Å². The van der Waals surface area contributed by atoms with Gasteiger partial charge in [-0.15, -0.1) is 47.5 Å². The standard InChI is InChI=1S/C17H20ClN3OS2.2ClH/c18-15-4-3-14(24-15)16-20-13(10-23-16)17(22)21-7-5-12(6-8-21)19-9-11-1-2-11;;/h3-4,10-12,19H,1-2,5-9H2;2*1H. The van der Waals surface area contributed by atoms with E-state index in [9.17, 15) is 4.79 Å². The molecule has 2 fully saturated rings. The van der Waals surface area contributed by atoms with Gasteiger partial charge in [0.2, 0.25) is 0 Å². The fourth-order valence-corrected chi connectivity index (χ4v) is 4.93. The molecule has 1 N–H and O–H groups in total. The molecule has 144 valence electrons. The van der Waals surface area contributed by atoms with E-state index in [4.69, 9.17) is 11.6 Å². The fourth-order valence-electron chi connectivity index (χ4n) is 3.02. The van der Waals surface area contributed by atoms with Gasteiger partial charge in [0.05, 0.1) is 9.21 Å². The molecule has 0 unspecified atom stereocenters. The zero-order chi connectivity index (χ0) is 16.5. The van der Waals surface area contributed by atoms with E-state index in [0.29, 0.717) is 11.7 Å². The monoisotopic (exact) mass is 453 g/mol. The summed E-state index contributed by atoms with van der Waals surface area (Å²) in [6.45, 7) is 2.79. The zero-order valence-corrected chi connectivity index (χ0v) is 18.2. The number of likely N-dealkylation sites (tertiary alicyclic amines) is 1. The highest BCUT2D eigenvalue weighted by molar-refractivity contribution is 7.23. The molecular weight excluding hydrogens is 433 g/mol. The Morgan fingerprint density at radius 1 is 1.23 bits per heavy atom. The second kappa shape index (κ2) is 9.71. The van der Waals surface area contributed by atoms with Crippen molar-refractivity contribution in [3.63, 3.8) is 0 Å². The minimum Gasteiger partial charge on any atom is -0.337 e. The van der Waals surface area contributed by atoms with Gasteiger partial charge in [-0.1, -0.05) is 11.6 Å². The van der Waals surface area contributed by atoms with Crippen molar-refractivity contribution in [1.82, 2.24) is 15.2 Å². The Morgan fingerprint density at radius 2 is 1.96 bits per heavy atom. The average Bonchev–Trinajstić information content (AvgIpc) is 3.12. The number of nitrogens with zero attached hydrogens (tertiary/aromatic N) is 2. The lowest BCUT2D eigenvalue weighted by molar-refractivity contribution is 0.0700. The van der Waals surface area contributed by atoms with E-state index in [0.717, 1.165) is 52.6 Å². The number of rotatable bonds is 5. The Balaban J connectivity index is 0.00000121. The summed E-state index contributed by atoms with van der Waals surface area (Å²) in [6, 6.07) is 4.38. The van der Waals surface area contributed by atoms with Gasteiger partial charge in [-0.3, -0.25) is 4.79 Å². The van der Waals surface area contributed by atoms with E-state index in [1.807, 2.05) is 22.4 Å². The molecule has 2 aliphatic rings. The summed E-state index contributed by atoms with van der Waals surface area (Å²) in [5.74, 6) is 0.963. The molecule has 4 rings (SSSR count). The molecule has 1 aliphatic carbocycles. The largest absolute Gasteiger partial charge is 0.337 e. The molecule has 1 aliphatic heterocycles. The zero-order valence-electron chi connectivity index (χ0n) is 14.2. The molecule has 1 saturated heterocycles. The molecule has 0 aromatic carbocycles. The van der Waals surface area contributed by atoms with Crippen molar-refractivity contribution >= 4 is 65.0 Å². The molecule has 3 heterocycles. The summed E-state index contributed by atoms with van der Waals surface area (Å²) in [7, 11) is 0. The molecular formula is C17H22Cl3N3OS2. The number of thiazole rings is 1. The Kier molecular flexibility index (Phi) is 8.19. The Hall–Kier alpha value is -0.370. The van der Waals surface area contributed by atoms with Crippen molar-refractivity contribution in [2.24, 2.45) is 5.92 Å². The number of amides is 1. The molecule has 0 atom stereocenters. The second-order valence-electron chi connectivity index (χ2n) is 6.56. The van der Waals surface area contributed by atoms with Gasteiger partial charge in [0.25, 0.3) is 5.91 Å². The third-order valence-corrected chi connectivity index (χ3v) is 6.92. The molecule has 0 spiro atoms. The van der Waals surface area contributed by atoms with Gasteiger partial charge < -0.3 is 10.2 Å². The van der Waals surface area contributed by atoms with E-state index in [1.165, 1.54) is 35.5 Å². The highest BCUT2D eigenvalue weighted by Gasteiger charge is 2.27. The molecule has 2 aromatic rings. The highest BCUT2D eigenvalue weighted by Crippen LogP contribution is 2.33. The summed E-state index contributed by atoms with van der Waals surface area (Å²) in [5, 5.41) is 6.38. The predicted molar refractivity (Wildman–Crippen MR) is 115 cm³/mol. The van der Waals surface area contributed by atoms with Crippen molar-refractivity contribution in [2.75, 3.05) is 19.6 Å². The molecule has 0 bridgehead atoms. The van der Waals surface area contributed by atoms with Gasteiger partial charge in [-0.05, 0) is 50.3 Å². The first-order chi connectivity index (χ1) is 11.7. The molecule has 1 saturated carbocycles. The van der Waals surface area contributed by atoms with Crippen LogP contribution in [0.1, 0.15) is 36.2 Å². The van der Waals surface area contributed by atoms with Crippen LogP contribution in [0.2, 0.25) is 4.34 Å². The number of hydrogen-bond acceptors (Lipinski definition) is 5. The maximum Gasteiger partial charge on any atom is 0.273 e. The van der Waals surface area contributed by atoms with Crippen molar-refractivity contribution < 1.29 is 4.79 Å². The fraction of sp³-hybridized carbons (Fsp3) is 0.529. The Bertz CT molecular complexity index is 724. The van der Waals surface area contributed by atoms with Crippen LogP contribution in [0.5, 0.6) is 0 Å². The first-order valence-corrected chi connectivity index (χ1v) is 10.5. The van der Waals surface area contributed by atoms with Crippen LogP contribution in [0.25, 0.3) is 9.88 Å². The number of carbonyl (C=O) groups is 1. The van der Waals surface area contributed by atoms with Crippen LogP contribution in [-0.2, 0) is 0 Å². The van der Waals surface area contributed by atoms with Gasteiger partial charge in [0.15, 0.2) is 0 Å². The van der Waals surface area contributed by atoms with Crippen molar-refractivity contribution in [1.29, 1.82) is 0 Å². The summed E-state index contributed by atoms with van der Waals surface area (Å²) < 4.78 is 0.744. The molecule has 9 heteroatoms. The second-order valence-corrected chi connectivity index (χ2v) is 9.13. The van der Waals surface area contributed by atoms with Crippen molar-refractivity contribution in [3.05, 3.63) is 27.5 Å². The maximum absolute atomic E-state index is 12.7. The van der Waals surface area contributed by atoms with Gasteiger partial charge in [-0.25, -0.2) is 4.98 Å². The summed E-state index contributed by atoms with van der Waals surface area (Å²) in [4.78, 5) is 20.1. The summed E-state index contributed by atoms with van der Waals surface area (Å²) >= 11 is 8.98. The van der Waals surface area contributed by atoms with Crippen molar-refractivity contribution in [3.8, 4) is 9.88 Å². The molecule has 4 nitrogen and oxygen atoms in total. The number of halogens is 3. The SMILES string of the molecule is Cl.Cl.O=C(c1csc(-c2ccc(Cl)s2)n1)N1CCC(NCC2CC2)CC1. The minimum absolute atomic E-state index is 0. The highest BCUT2D eigenvalue weighted by atomic mass is 35.5. The lowest BCUT2D eigenvalue weighted by Gasteiger charge is -2.32. The van der Waals surface area contributed by atoms with E-state index in [2.05, 4.69) is 10.3 Å². The third-order valence-electron chi connectivity index (χ3n) is 4.68. The number of thiophene rings is 1. The number of carbonyl (C=O) groups excluding carboxylic acids is 1. The van der Waals surface area contributed by atoms with Crippen LogP contribution in [0.4, 0.5) is 0 Å². The van der Waals surface area contributed by atoms with E-state index in [1.54, 1.807) is 0 Å². The van der Waals surface area contributed by atoms with Gasteiger partial charge in [0.1, 0.15) is 10.7 Å². The average molecular weight is 455 g/mol.